The van der Waals surface area contributed by atoms with Crippen LogP contribution >= 0.6 is 0 Å². The second-order valence-corrected chi connectivity index (χ2v) is 7.09. The maximum atomic E-state index is 12.9. The molecule has 1 unspecified atom stereocenters. The zero-order valence-corrected chi connectivity index (χ0v) is 17.1. The third-order valence-electron chi connectivity index (χ3n) is 4.79. The van der Waals surface area contributed by atoms with E-state index in [4.69, 9.17) is 4.74 Å². The van der Waals surface area contributed by atoms with Crippen molar-refractivity contribution in [2.24, 2.45) is 0 Å². The van der Waals surface area contributed by atoms with Gasteiger partial charge < -0.3 is 15.0 Å². The Morgan fingerprint density at radius 1 is 1.00 bits per heavy atom. The summed E-state index contributed by atoms with van der Waals surface area (Å²) in [7, 11) is 1.58. The van der Waals surface area contributed by atoms with E-state index in [2.05, 4.69) is 19.2 Å². The molecule has 2 amide bonds. The number of ether oxygens (including phenoxy) is 1. The molecular weight excluding hydrogens is 352 g/mol. The molecule has 2 rings (SSSR count). The van der Waals surface area contributed by atoms with Gasteiger partial charge in [-0.25, -0.2) is 0 Å². The molecule has 28 heavy (non-hydrogen) atoms. The highest BCUT2D eigenvalue weighted by Crippen LogP contribution is 2.25. The third kappa shape index (κ3) is 5.84. The first-order chi connectivity index (χ1) is 13.4. The van der Waals surface area contributed by atoms with Gasteiger partial charge in [0.1, 0.15) is 11.8 Å². The average molecular weight is 383 g/mol. The number of hydrogen-bond donors (Lipinski definition) is 1. The fourth-order valence-electron chi connectivity index (χ4n) is 3.09. The van der Waals surface area contributed by atoms with Crippen molar-refractivity contribution < 1.29 is 14.3 Å². The summed E-state index contributed by atoms with van der Waals surface area (Å²) in [6.45, 7) is 6.27. The predicted octanol–water partition coefficient (Wildman–Crippen LogP) is 3.39. The molecular formula is C23H30N2O3. The van der Waals surface area contributed by atoms with Crippen molar-refractivity contribution in [3.8, 4) is 5.75 Å². The molecule has 2 aromatic rings. The number of carbonyl (C=O) groups is 2. The maximum absolute atomic E-state index is 12.9. The van der Waals surface area contributed by atoms with Crippen LogP contribution in [0.4, 0.5) is 0 Å². The molecule has 2 aromatic carbocycles. The first-order valence-corrected chi connectivity index (χ1v) is 9.70. The minimum absolute atomic E-state index is 0.0974. The van der Waals surface area contributed by atoms with Crippen LogP contribution in [0.5, 0.6) is 5.75 Å². The predicted molar refractivity (Wildman–Crippen MR) is 111 cm³/mol. The molecule has 0 bridgehead atoms. The standard InChI is InChI=1S/C23H30N2O3/c1-17(2)20-12-8-9-13-21(20)28-16-22(26)25(18(3)23(27)24-4)15-14-19-10-6-5-7-11-19/h5-13,17-18H,14-16H2,1-4H3,(H,24,27). The molecule has 5 heteroatoms. The van der Waals surface area contributed by atoms with Crippen molar-refractivity contribution in [2.45, 2.75) is 39.2 Å². The summed E-state index contributed by atoms with van der Waals surface area (Å²) in [6, 6.07) is 17.1. The largest absolute Gasteiger partial charge is 0.483 e. The Morgan fingerprint density at radius 3 is 2.29 bits per heavy atom. The van der Waals surface area contributed by atoms with E-state index in [1.54, 1.807) is 18.9 Å². The molecule has 0 aromatic heterocycles. The highest BCUT2D eigenvalue weighted by Gasteiger charge is 2.25. The normalized spacial score (nSPS) is 11.8. The SMILES string of the molecule is CNC(=O)C(C)N(CCc1ccccc1)C(=O)COc1ccccc1C(C)C. The van der Waals surface area contributed by atoms with E-state index < -0.39 is 6.04 Å². The number of rotatable bonds is 9. The molecule has 0 aliphatic carbocycles. The first kappa shape index (κ1) is 21.5. The summed E-state index contributed by atoms with van der Waals surface area (Å²) < 4.78 is 5.83. The lowest BCUT2D eigenvalue weighted by Gasteiger charge is -2.28. The third-order valence-corrected chi connectivity index (χ3v) is 4.79. The Hall–Kier alpha value is -2.82. The maximum Gasteiger partial charge on any atom is 0.261 e. The minimum atomic E-state index is -0.565. The van der Waals surface area contributed by atoms with Gasteiger partial charge in [0.05, 0.1) is 0 Å². The molecule has 0 saturated heterocycles. The Balaban J connectivity index is 2.09. The van der Waals surface area contributed by atoms with Crippen LogP contribution in [-0.4, -0.2) is 43.0 Å². The fraction of sp³-hybridized carbons (Fsp3) is 0.391. The molecule has 150 valence electrons. The van der Waals surface area contributed by atoms with Gasteiger partial charge >= 0.3 is 0 Å². The van der Waals surface area contributed by atoms with Crippen LogP contribution < -0.4 is 10.1 Å². The van der Waals surface area contributed by atoms with Gasteiger partial charge in [-0.15, -0.1) is 0 Å². The molecule has 0 aliphatic rings. The molecule has 0 fully saturated rings. The van der Waals surface area contributed by atoms with Crippen LogP contribution in [0.1, 0.15) is 37.8 Å². The number of nitrogens with one attached hydrogen (secondary N) is 1. The lowest BCUT2D eigenvalue weighted by atomic mass is 10.0. The van der Waals surface area contributed by atoms with Crippen LogP contribution in [0.2, 0.25) is 0 Å². The number of benzene rings is 2. The first-order valence-electron chi connectivity index (χ1n) is 9.70. The Bertz CT molecular complexity index is 774. The van der Waals surface area contributed by atoms with Crippen molar-refractivity contribution in [2.75, 3.05) is 20.2 Å². The highest BCUT2D eigenvalue weighted by atomic mass is 16.5. The van der Waals surface area contributed by atoms with E-state index in [1.807, 2.05) is 54.6 Å². The van der Waals surface area contributed by atoms with Crippen LogP contribution in [0, 0.1) is 0 Å². The lowest BCUT2D eigenvalue weighted by molar-refractivity contribution is -0.141. The monoisotopic (exact) mass is 382 g/mol. The molecule has 0 heterocycles. The van der Waals surface area contributed by atoms with Gasteiger partial charge in [0.2, 0.25) is 5.91 Å². The van der Waals surface area contributed by atoms with Crippen LogP contribution in [0.15, 0.2) is 54.6 Å². The molecule has 1 N–H and O–H groups in total. The molecule has 0 spiro atoms. The van der Waals surface area contributed by atoms with Crippen LogP contribution in [-0.2, 0) is 16.0 Å². The van der Waals surface area contributed by atoms with E-state index in [0.717, 1.165) is 11.1 Å². The summed E-state index contributed by atoms with van der Waals surface area (Å²) in [5.41, 5.74) is 2.18. The van der Waals surface area contributed by atoms with Gasteiger partial charge in [0.25, 0.3) is 5.91 Å². The smallest absolute Gasteiger partial charge is 0.261 e. The number of nitrogens with zero attached hydrogens (tertiary/aromatic N) is 1. The Labute approximate surface area is 167 Å². The second-order valence-electron chi connectivity index (χ2n) is 7.09. The number of likely N-dealkylation sites (N-methyl/N-ethyl adjacent to an activating group) is 1. The summed E-state index contributed by atoms with van der Waals surface area (Å²) >= 11 is 0. The highest BCUT2D eigenvalue weighted by molar-refractivity contribution is 5.87. The van der Waals surface area contributed by atoms with E-state index in [0.29, 0.717) is 24.6 Å². The Morgan fingerprint density at radius 2 is 1.64 bits per heavy atom. The minimum Gasteiger partial charge on any atom is -0.483 e. The average Bonchev–Trinajstić information content (AvgIpc) is 2.72. The van der Waals surface area contributed by atoms with Crippen LogP contribution in [0.3, 0.4) is 0 Å². The van der Waals surface area contributed by atoms with Gasteiger partial charge in [0.15, 0.2) is 6.61 Å². The molecule has 1 atom stereocenters. The van der Waals surface area contributed by atoms with Gasteiger partial charge in [0, 0.05) is 13.6 Å². The summed E-state index contributed by atoms with van der Waals surface area (Å²) in [5.74, 6) is 0.612. The molecule has 5 nitrogen and oxygen atoms in total. The van der Waals surface area contributed by atoms with Gasteiger partial charge in [-0.3, -0.25) is 9.59 Å². The zero-order valence-electron chi connectivity index (χ0n) is 17.1. The van der Waals surface area contributed by atoms with Gasteiger partial charge in [-0.1, -0.05) is 62.4 Å². The van der Waals surface area contributed by atoms with Crippen molar-refractivity contribution in [3.05, 3.63) is 65.7 Å². The summed E-state index contributed by atoms with van der Waals surface area (Å²) in [4.78, 5) is 26.6. The lowest BCUT2D eigenvalue weighted by Crippen LogP contribution is -2.49. The van der Waals surface area contributed by atoms with Crippen molar-refractivity contribution in [1.29, 1.82) is 0 Å². The Kier molecular flexibility index (Phi) is 8.05. The molecule has 0 aliphatic heterocycles. The van der Waals surface area contributed by atoms with E-state index in [9.17, 15) is 9.59 Å². The van der Waals surface area contributed by atoms with E-state index in [1.165, 1.54) is 0 Å². The van der Waals surface area contributed by atoms with Gasteiger partial charge in [-0.2, -0.15) is 0 Å². The summed E-state index contributed by atoms with van der Waals surface area (Å²) in [6.07, 6.45) is 0.677. The second kappa shape index (κ2) is 10.5. The number of para-hydroxylation sites is 1. The van der Waals surface area contributed by atoms with E-state index >= 15 is 0 Å². The van der Waals surface area contributed by atoms with Crippen molar-refractivity contribution in [3.63, 3.8) is 0 Å². The zero-order chi connectivity index (χ0) is 20.5. The van der Waals surface area contributed by atoms with Gasteiger partial charge in [-0.05, 0) is 36.5 Å². The number of carbonyl (C=O) groups excluding carboxylic acids is 2. The van der Waals surface area contributed by atoms with Crippen LogP contribution in [0.25, 0.3) is 0 Å². The fourth-order valence-corrected chi connectivity index (χ4v) is 3.09. The van der Waals surface area contributed by atoms with E-state index in [-0.39, 0.29) is 18.4 Å². The quantitative estimate of drug-likeness (QED) is 0.723. The molecule has 0 saturated carbocycles. The van der Waals surface area contributed by atoms with Crippen molar-refractivity contribution >= 4 is 11.8 Å². The topological polar surface area (TPSA) is 58.6 Å². The van der Waals surface area contributed by atoms with Crippen molar-refractivity contribution in [1.82, 2.24) is 10.2 Å². The molecule has 0 radical (unpaired) electrons. The number of hydrogen-bond acceptors (Lipinski definition) is 3. The number of amides is 2. The summed E-state index contributed by atoms with van der Waals surface area (Å²) in [5, 5.41) is 2.62.